The summed E-state index contributed by atoms with van der Waals surface area (Å²) in [5, 5.41) is 15.9. The van der Waals surface area contributed by atoms with Gasteiger partial charge in [-0.2, -0.15) is 8.42 Å². The number of phenolic OH excluding ortho intramolecular Hbond substituents is 1. The van der Waals surface area contributed by atoms with Crippen LogP contribution in [-0.4, -0.2) is 65.9 Å². The predicted octanol–water partition coefficient (Wildman–Crippen LogP) is 1.99. The molecule has 4 amide bonds. The van der Waals surface area contributed by atoms with Gasteiger partial charge < -0.3 is 15.3 Å². The second kappa shape index (κ2) is 12.2. The number of imidazole rings is 1. The standard InChI is InChI=1S/C33H34FN7O8S/c1-17(31(45)35-20-3-5-22-19(13-20)14-26(42)30(29(22)34)40-16-28(44)37-50(40,48)49)18-9-11-39(12-10-18)21-4-6-23-25(15-21)38(2)33(47)41(23)24-7-8-27(43)36-32(24)46/h3-6,13-15,17-18,24,42H,7-12,16H2,1-2H3,(H,35,45)(H,37,44)(H,36,43,46)/t17-,24?/m0/s1. The number of phenols is 1. The first-order valence-electron chi connectivity index (χ1n) is 16.1. The molecule has 4 N–H and O–H groups in total. The molecule has 3 saturated heterocycles. The van der Waals surface area contributed by atoms with Crippen molar-refractivity contribution < 1.29 is 37.1 Å². The molecule has 3 aromatic carbocycles. The van der Waals surface area contributed by atoms with Crippen LogP contribution in [0.1, 0.15) is 38.6 Å². The van der Waals surface area contributed by atoms with Crippen molar-refractivity contribution in [1.29, 1.82) is 0 Å². The van der Waals surface area contributed by atoms with Crippen LogP contribution in [0.3, 0.4) is 0 Å². The smallest absolute Gasteiger partial charge is 0.329 e. The summed E-state index contributed by atoms with van der Waals surface area (Å²) >= 11 is 0. The third kappa shape index (κ3) is 5.60. The average Bonchev–Trinajstić information content (AvgIpc) is 3.49. The molecule has 3 fully saturated rings. The number of anilines is 3. The lowest BCUT2D eigenvalue weighted by Gasteiger charge is -2.36. The Balaban J connectivity index is 1.02. The van der Waals surface area contributed by atoms with Gasteiger partial charge in [-0.25, -0.2) is 18.2 Å². The number of rotatable bonds is 6. The first-order valence-corrected chi connectivity index (χ1v) is 17.6. The molecule has 0 aliphatic carbocycles. The van der Waals surface area contributed by atoms with Crippen LogP contribution in [0.15, 0.2) is 47.3 Å². The lowest BCUT2D eigenvalue weighted by atomic mass is 9.84. The fourth-order valence-corrected chi connectivity index (χ4v) is 8.37. The van der Waals surface area contributed by atoms with E-state index in [2.05, 4.69) is 15.5 Å². The molecule has 2 atom stereocenters. The number of aromatic hydroxyl groups is 1. The number of aromatic nitrogens is 2. The molecule has 50 heavy (non-hydrogen) atoms. The molecule has 3 aliphatic rings. The maximum Gasteiger partial charge on any atom is 0.329 e. The van der Waals surface area contributed by atoms with E-state index in [0.717, 1.165) is 18.5 Å². The molecule has 1 aromatic heterocycles. The normalized spacial score (nSPS) is 20.3. The third-order valence-electron chi connectivity index (χ3n) is 9.99. The summed E-state index contributed by atoms with van der Waals surface area (Å²) in [7, 11) is -2.70. The second-order valence-electron chi connectivity index (χ2n) is 13.0. The zero-order valence-corrected chi connectivity index (χ0v) is 27.9. The van der Waals surface area contributed by atoms with E-state index in [1.54, 1.807) is 11.8 Å². The largest absolute Gasteiger partial charge is 0.506 e. The Morgan fingerprint density at radius 3 is 2.42 bits per heavy atom. The average molecular weight is 708 g/mol. The van der Waals surface area contributed by atoms with E-state index in [9.17, 15) is 37.5 Å². The summed E-state index contributed by atoms with van der Waals surface area (Å²) in [4.78, 5) is 64.5. The number of amides is 4. The molecule has 262 valence electrons. The van der Waals surface area contributed by atoms with Gasteiger partial charge in [0.2, 0.25) is 17.7 Å². The van der Waals surface area contributed by atoms with Crippen LogP contribution in [0.4, 0.5) is 21.5 Å². The lowest BCUT2D eigenvalue weighted by molar-refractivity contribution is -0.135. The Morgan fingerprint density at radius 2 is 1.74 bits per heavy atom. The van der Waals surface area contributed by atoms with E-state index in [1.807, 2.05) is 25.1 Å². The quantitative estimate of drug-likeness (QED) is 0.217. The number of piperidine rings is 2. The zero-order valence-electron chi connectivity index (χ0n) is 27.1. The van der Waals surface area contributed by atoms with Crippen molar-refractivity contribution in [2.24, 2.45) is 18.9 Å². The molecule has 0 radical (unpaired) electrons. The topological polar surface area (TPSA) is 192 Å². The number of imide groups is 1. The minimum atomic E-state index is -4.35. The van der Waals surface area contributed by atoms with Gasteiger partial charge in [0.15, 0.2) is 5.82 Å². The Hall–Kier alpha value is -5.45. The van der Waals surface area contributed by atoms with Crippen molar-refractivity contribution in [1.82, 2.24) is 19.2 Å². The number of hydrogen-bond acceptors (Lipinski definition) is 9. The number of aryl methyl sites for hydroxylation is 1. The molecule has 17 heteroatoms. The van der Waals surface area contributed by atoms with Gasteiger partial charge in [-0.1, -0.05) is 6.92 Å². The Bertz CT molecular complexity index is 2290. The van der Waals surface area contributed by atoms with E-state index in [0.29, 0.717) is 34.1 Å². The summed E-state index contributed by atoms with van der Waals surface area (Å²) in [5.74, 6) is -3.92. The first kappa shape index (κ1) is 33.1. The summed E-state index contributed by atoms with van der Waals surface area (Å²) in [5.41, 5.74) is 1.57. The predicted molar refractivity (Wildman–Crippen MR) is 181 cm³/mol. The fourth-order valence-electron chi connectivity index (χ4n) is 7.20. The molecule has 4 aromatic rings. The van der Waals surface area contributed by atoms with E-state index >= 15 is 4.39 Å². The molecular formula is C33H34FN7O8S. The van der Waals surface area contributed by atoms with Crippen molar-refractivity contribution in [3.05, 3.63) is 58.8 Å². The second-order valence-corrected chi connectivity index (χ2v) is 14.6. The lowest BCUT2D eigenvalue weighted by Crippen LogP contribution is -2.44. The monoisotopic (exact) mass is 707 g/mol. The number of fused-ring (bicyclic) bond motifs is 2. The van der Waals surface area contributed by atoms with E-state index in [-0.39, 0.29) is 53.0 Å². The van der Waals surface area contributed by atoms with Crippen LogP contribution < -0.4 is 30.3 Å². The number of benzene rings is 3. The van der Waals surface area contributed by atoms with Crippen LogP contribution in [0, 0.1) is 17.7 Å². The van der Waals surface area contributed by atoms with Gasteiger partial charge in [-0.3, -0.25) is 33.6 Å². The van der Waals surface area contributed by atoms with Crippen LogP contribution in [-0.2, 0) is 36.4 Å². The highest BCUT2D eigenvalue weighted by Gasteiger charge is 2.38. The number of nitrogens with one attached hydrogen (secondary N) is 3. The van der Waals surface area contributed by atoms with Gasteiger partial charge >= 0.3 is 15.9 Å². The van der Waals surface area contributed by atoms with Gasteiger partial charge in [0.25, 0.3) is 5.91 Å². The summed E-state index contributed by atoms with van der Waals surface area (Å²) in [6, 6.07) is 10.4. The van der Waals surface area contributed by atoms with Crippen molar-refractivity contribution in [2.45, 2.75) is 38.6 Å². The highest BCUT2D eigenvalue weighted by atomic mass is 32.2. The molecule has 0 bridgehead atoms. The van der Waals surface area contributed by atoms with Gasteiger partial charge in [-0.05, 0) is 73.0 Å². The maximum absolute atomic E-state index is 15.5. The highest BCUT2D eigenvalue weighted by Crippen LogP contribution is 2.39. The molecular weight excluding hydrogens is 673 g/mol. The summed E-state index contributed by atoms with van der Waals surface area (Å²) in [6.07, 6.45) is 1.86. The SMILES string of the molecule is C[C@H](C(=O)Nc1ccc2c(F)c(N3CC(=O)NS3(=O)=O)c(O)cc2c1)C1CCN(c2ccc3c(c2)n(C)c(=O)n3C2CCC(=O)NC2=O)CC1. The summed E-state index contributed by atoms with van der Waals surface area (Å²) in [6.45, 7) is 2.51. The Morgan fingerprint density at radius 1 is 1.00 bits per heavy atom. The highest BCUT2D eigenvalue weighted by molar-refractivity contribution is 7.92. The van der Waals surface area contributed by atoms with E-state index in [4.69, 9.17) is 0 Å². The van der Waals surface area contributed by atoms with Crippen molar-refractivity contribution >= 4 is 72.7 Å². The zero-order chi connectivity index (χ0) is 35.6. The van der Waals surface area contributed by atoms with Gasteiger partial charge in [0.1, 0.15) is 24.0 Å². The number of halogens is 1. The van der Waals surface area contributed by atoms with Crippen molar-refractivity contribution in [2.75, 3.05) is 34.2 Å². The van der Waals surface area contributed by atoms with Gasteiger partial charge in [0, 0.05) is 49.2 Å². The van der Waals surface area contributed by atoms with Crippen LogP contribution in [0.25, 0.3) is 21.8 Å². The minimum Gasteiger partial charge on any atom is -0.506 e. The van der Waals surface area contributed by atoms with E-state index in [1.165, 1.54) is 33.4 Å². The number of hydrogen-bond donors (Lipinski definition) is 4. The maximum atomic E-state index is 15.5. The molecule has 3 aliphatic heterocycles. The first-order chi connectivity index (χ1) is 23.7. The number of nitrogens with zero attached hydrogens (tertiary/aromatic N) is 4. The molecule has 4 heterocycles. The Kier molecular flexibility index (Phi) is 8.04. The third-order valence-corrected chi connectivity index (χ3v) is 11.4. The van der Waals surface area contributed by atoms with Crippen LogP contribution in [0.2, 0.25) is 0 Å². The molecule has 7 rings (SSSR count). The molecule has 0 spiro atoms. The number of carbonyl (C=O) groups excluding carboxylic acids is 4. The van der Waals surface area contributed by atoms with Crippen LogP contribution >= 0.6 is 0 Å². The molecule has 15 nitrogen and oxygen atoms in total. The minimum absolute atomic E-state index is 0.00318. The van der Waals surface area contributed by atoms with Crippen molar-refractivity contribution in [3.63, 3.8) is 0 Å². The molecule has 1 unspecified atom stereocenters. The Labute approximate surface area is 284 Å². The molecule has 0 saturated carbocycles. The fraction of sp³-hybridized carbons (Fsp3) is 0.364. The van der Waals surface area contributed by atoms with Crippen LogP contribution in [0.5, 0.6) is 5.75 Å². The van der Waals surface area contributed by atoms with Gasteiger partial charge in [-0.15, -0.1) is 0 Å². The van der Waals surface area contributed by atoms with Gasteiger partial charge in [0.05, 0.1) is 11.0 Å². The number of carbonyl (C=O) groups is 4. The van der Waals surface area contributed by atoms with E-state index < -0.39 is 51.9 Å². The summed E-state index contributed by atoms with van der Waals surface area (Å²) < 4.78 is 45.1. The van der Waals surface area contributed by atoms with Crippen molar-refractivity contribution in [3.8, 4) is 5.75 Å².